The number of rotatable bonds is 7. The lowest BCUT2D eigenvalue weighted by atomic mass is 10.1. The number of nitrogens with one attached hydrogen (secondary N) is 1. The van der Waals surface area contributed by atoms with Crippen molar-refractivity contribution in [3.8, 4) is 5.75 Å². The van der Waals surface area contributed by atoms with Crippen LogP contribution in [0.2, 0.25) is 0 Å². The molecule has 0 aliphatic rings. The summed E-state index contributed by atoms with van der Waals surface area (Å²) in [4.78, 5) is 24.3. The Labute approximate surface area is 117 Å². The van der Waals surface area contributed by atoms with Gasteiger partial charge in [-0.25, -0.2) is 0 Å². The summed E-state index contributed by atoms with van der Waals surface area (Å²) < 4.78 is 0. The smallest absolute Gasteiger partial charge is 0.282 e. The van der Waals surface area contributed by atoms with Crippen molar-refractivity contribution in [1.82, 2.24) is 10.2 Å². The van der Waals surface area contributed by atoms with E-state index in [4.69, 9.17) is 0 Å². The third-order valence-corrected chi connectivity index (χ3v) is 3.03. The van der Waals surface area contributed by atoms with Crippen LogP contribution in [0.15, 0.2) is 18.2 Å². The predicted molar refractivity (Wildman–Crippen MR) is 74.9 cm³/mol. The molecule has 0 unspecified atom stereocenters. The summed E-state index contributed by atoms with van der Waals surface area (Å²) in [6, 6.07) is 3.41. The van der Waals surface area contributed by atoms with Crippen LogP contribution in [0.3, 0.4) is 0 Å². The van der Waals surface area contributed by atoms with E-state index in [1.54, 1.807) is 0 Å². The molecule has 0 aliphatic carbocycles. The maximum atomic E-state index is 11.9. The Hall–Kier alpha value is -2.15. The van der Waals surface area contributed by atoms with E-state index >= 15 is 0 Å². The Bertz CT molecular complexity index is 487. The minimum Gasteiger partial charge on any atom is -0.508 e. The second kappa shape index (κ2) is 7.44. The van der Waals surface area contributed by atoms with Crippen LogP contribution in [0.1, 0.15) is 24.2 Å². The highest BCUT2D eigenvalue weighted by molar-refractivity contribution is 5.98. The zero-order chi connectivity index (χ0) is 15.1. The molecule has 110 valence electrons. The number of nitro groups is 1. The van der Waals surface area contributed by atoms with Crippen molar-refractivity contribution in [2.24, 2.45) is 0 Å². The first-order valence-corrected chi connectivity index (χ1v) is 6.47. The largest absolute Gasteiger partial charge is 0.508 e. The van der Waals surface area contributed by atoms with E-state index in [0.717, 1.165) is 25.2 Å². The van der Waals surface area contributed by atoms with E-state index in [2.05, 4.69) is 10.2 Å². The Kier molecular flexibility index (Phi) is 5.92. The maximum Gasteiger partial charge on any atom is 0.282 e. The van der Waals surface area contributed by atoms with Gasteiger partial charge in [-0.3, -0.25) is 14.9 Å². The molecule has 20 heavy (non-hydrogen) atoms. The van der Waals surface area contributed by atoms with Crippen LogP contribution in [0.4, 0.5) is 5.69 Å². The van der Waals surface area contributed by atoms with E-state index in [0.29, 0.717) is 13.1 Å². The monoisotopic (exact) mass is 281 g/mol. The first-order chi connectivity index (χ1) is 9.49. The quantitative estimate of drug-likeness (QED) is 0.581. The van der Waals surface area contributed by atoms with Gasteiger partial charge in [-0.1, -0.05) is 13.8 Å². The lowest BCUT2D eigenvalue weighted by molar-refractivity contribution is -0.385. The van der Waals surface area contributed by atoms with Gasteiger partial charge in [0, 0.05) is 19.2 Å². The number of nitro benzene ring substituents is 1. The van der Waals surface area contributed by atoms with Crippen LogP contribution >= 0.6 is 0 Å². The van der Waals surface area contributed by atoms with Gasteiger partial charge >= 0.3 is 0 Å². The van der Waals surface area contributed by atoms with Gasteiger partial charge in [-0.2, -0.15) is 0 Å². The van der Waals surface area contributed by atoms with Gasteiger partial charge in [0.05, 0.1) is 4.92 Å². The zero-order valence-electron chi connectivity index (χ0n) is 11.6. The molecule has 0 atom stereocenters. The first kappa shape index (κ1) is 15.9. The summed E-state index contributed by atoms with van der Waals surface area (Å²) >= 11 is 0. The van der Waals surface area contributed by atoms with Crippen LogP contribution in [0, 0.1) is 10.1 Å². The van der Waals surface area contributed by atoms with Crippen molar-refractivity contribution in [2.45, 2.75) is 13.8 Å². The van der Waals surface area contributed by atoms with Crippen LogP contribution in [-0.2, 0) is 0 Å². The van der Waals surface area contributed by atoms with Gasteiger partial charge in [0.25, 0.3) is 11.6 Å². The third kappa shape index (κ3) is 4.20. The molecule has 0 aliphatic heterocycles. The number of benzene rings is 1. The van der Waals surface area contributed by atoms with Gasteiger partial charge in [0.15, 0.2) is 0 Å². The molecule has 1 aromatic rings. The van der Waals surface area contributed by atoms with Gasteiger partial charge in [0.1, 0.15) is 11.3 Å². The number of carbonyl (C=O) groups excluding carboxylic acids is 1. The molecule has 0 fully saturated rings. The molecule has 1 rings (SSSR count). The summed E-state index contributed by atoms with van der Waals surface area (Å²) in [5.41, 5.74) is -0.447. The Morgan fingerprint density at radius 1 is 1.40 bits per heavy atom. The second-order valence-electron chi connectivity index (χ2n) is 4.24. The maximum absolute atomic E-state index is 11.9. The normalized spacial score (nSPS) is 10.6. The molecule has 1 amide bonds. The second-order valence-corrected chi connectivity index (χ2v) is 4.24. The predicted octanol–water partition coefficient (Wildman–Crippen LogP) is 1.37. The molecular weight excluding hydrogens is 262 g/mol. The van der Waals surface area contributed by atoms with Gasteiger partial charge in [-0.15, -0.1) is 0 Å². The summed E-state index contributed by atoms with van der Waals surface area (Å²) in [6.45, 7) is 6.85. The Morgan fingerprint density at radius 2 is 2.05 bits per heavy atom. The van der Waals surface area contributed by atoms with Gasteiger partial charge in [-0.05, 0) is 25.2 Å². The summed E-state index contributed by atoms with van der Waals surface area (Å²) in [5, 5.41) is 22.8. The number of hydrogen-bond acceptors (Lipinski definition) is 5. The van der Waals surface area contributed by atoms with E-state index in [9.17, 15) is 20.0 Å². The molecule has 0 radical (unpaired) electrons. The summed E-state index contributed by atoms with van der Waals surface area (Å²) in [7, 11) is 0. The molecule has 0 saturated carbocycles. The average molecular weight is 281 g/mol. The number of likely N-dealkylation sites (N-methyl/N-ethyl adjacent to an activating group) is 1. The van der Waals surface area contributed by atoms with Crippen molar-refractivity contribution >= 4 is 11.6 Å². The molecule has 0 spiro atoms. The van der Waals surface area contributed by atoms with Crippen molar-refractivity contribution in [3.63, 3.8) is 0 Å². The highest BCUT2D eigenvalue weighted by Gasteiger charge is 2.20. The number of phenols is 1. The van der Waals surface area contributed by atoms with Crippen LogP contribution < -0.4 is 5.32 Å². The van der Waals surface area contributed by atoms with E-state index in [1.165, 1.54) is 6.07 Å². The highest BCUT2D eigenvalue weighted by atomic mass is 16.6. The van der Waals surface area contributed by atoms with Crippen molar-refractivity contribution < 1.29 is 14.8 Å². The molecule has 0 heterocycles. The molecule has 0 saturated heterocycles. The van der Waals surface area contributed by atoms with Crippen molar-refractivity contribution in [2.75, 3.05) is 26.2 Å². The average Bonchev–Trinajstić information content (AvgIpc) is 2.43. The van der Waals surface area contributed by atoms with Crippen LogP contribution in [-0.4, -0.2) is 47.0 Å². The van der Waals surface area contributed by atoms with E-state index < -0.39 is 10.8 Å². The zero-order valence-corrected chi connectivity index (χ0v) is 11.6. The number of hydrogen-bond donors (Lipinski definition) is 2. The molecule has 1 aromatic carbocycles. The molecule has 2 N–H and O–H groups in total. The standard InChI is InChI=1S/C13H19N3O4/c1-3-15(4-2)8-7-14-13(18)11-9-10(17)5-6-12(11)16(19)20/h5-6,9,17H,3-4,7-8H2,1-2H3,(H,14,18). The van der Waals surface area contributed by atoms with Gasteiger partial charge in [0.2, 0.25) is 0 Å². The summed E-state index contributed by atoms with van der Waals surface area (Å²) in [5.74, 6) is -0.732. The SMILES string of the molecule is CCN(CC)CCNC(=O)c1cc(O)ccc1[N+](=O)[O-]. The van der Waals surface area contributed by atoms with Crippen molar-refractivity contribution in [1.29, 1.82) is 0 Å². The van der Waals surface area contributed by atoms with E-state index in [1.807, 2.05) is 13.8 Å². The van der Waals surface area contributed by atoms with E-state index in [-0.39, 0.29) is 17.0 Å². The molecular formula is C13H19N3O4. The number of carbonyl (C=O) groups is 1. The number of nitrogens with zero attached hydrogens (tertiary/aromatic N) is 2. The topological polar surface area (TPSA) is 95.7 Å². The molecule has 7 nitrogen and oxygen atoms in total. The van der Waals surface area contributed by atoms with Crippen LogP contribution in [0.5, 0.6) is 5.75 Å². The number of amides is 1. The molecule has 0 aromatic heterocycles. The molecule has 0 bridgehead atoms. The fourth-order valence-electron chi connectivity index (χ4n) is 1.83. The number of aromatic hydroxyl groups is 1. The lowest BCUT2D eigenvalue weighted by Gasteiger charge is -2.17. The van der Waals surface area contributed by atoms with Crippen LogP contribution in [0.25, 0.3) is 0 Å². The van der Waals surface area contributed by atoms with Gasteiger partial charge < -0.3 is 15.3 Å². The Balaban J connectivity index is 2.72. The minimum absolute atomic E-state index is 0.130. The minimum atomic E-state index is -0.640. The highest BCUT2D eigenvalue weighted by Crippen LogP contribution is 2.22. The Morgan fingerprint density at radius 3 is 2.60 bits per heavy atom. The fourth-order valence-corrected chi connectivity index (χ4v) is 1.83. The third-order valence-electron chi connectivity index (χ3n) is 3.03. The fraction of sp³-hybridized carbons (Fsp3) is 0.462. The molecule has 7 heteroatoms. The summed E-state index contributed by atoms with van der Waals surface area (Å²) in [6.07, 6.45) is 0. The number of phenolic OH excluding ortho intramolecular Hbond substituents is 1. The van der Waals surface area contributed by atoms with Crippen molar-refractivity contribution in [3.05, 3.63) is 33.9 Å². The first-order valence-electron chi connectivity index (χ1n) is 6.47. The lowest BCUT2D eigenvalue weighted by Crippen LogP contribution is -2.35.